The van der Waals surface area contributed by atoms with Crippen LogP contribution >= 0.6 is 23.4 Å². The Morgan fingerprint density at radius 3 is 2.58 bits per heavy atom. The normalized spacial score (nSPS) is 11.9. The van der Waals surface area contributed by atoms with Gasteiger partial charge in [0.2, 0.25) is 5.91 Å². The Hall–Kier alpha value is -1.04. The molecule has 1 aromatic rings. The van der Waals surface area contributed by atoms with Crippen LogP contribution in [0, 0.1) is 5.92 Å². The molecule has 0 aromatic heterocycles. The minimum atomic E-state index is -0.408. The molecule has 6 heteroatoms. The smallest absolute Gasteiger partial charge is 0.257 e. The van der Waals surface area contributed by atoms with Crippen LogP contribution < -0.4 is 11.1 Å². The lowest BCUT2D eigenvalue weighted by Crippen LogP contribution is -2.32. The largest absolute Gasteiger partial charge is 0.330 e. The molecule has 0 aliphatic rings. The Labute approximate surface area is 122 Å². The highest BCUT2D eigenvalue weighted by atomic mass is 35.5. The van der Waals surface area contributed by atoms with Gasteiger partial charge < -0.3 is 5.73 Å². The van der Waals surface area contributed by atoms with Crippen molar-refractivity contribution in [1.29, 1.82) is 0 Å². The third kappa shape index (κ3) is 6.09. The first kappa shape index (κ1) is 16.0. The lowest BCUT2D eigenvalue weighted by atomic mass is 10.2. The van der Waals surface area contributed by atoms with Crippen molar-refractivity contribution in [1.82, 2.24) is 5.32 Å². The predicted octanol–water partition coefficient (Wildman–Crippen LogP) is 1.92. The zero-order chi connectivity index (χ0) is 14.3. The Balaban J connectivity index is 2.36. The number of hydrogen-bond acceptors (Lipinski definition) is 4. The summed E-state index contributed by atoms with van der Waals surface area (Å²) in [4.78, 5) is 23.3. The molecular formula is C13H17ClN2O2S. The monoisotopic (exact) mass is 300 g/mol. The van der Waals surface area contributed by atoms with E-state index in [4.69, 9.17) is 17.3 Å². The highest BCUT2D eigenvalue weighted by Crippen LogP contribution is 2.10. The van der Waals surface area contributed by atoms with Crippen molar-refractivity contribution in [2.24, 2.45) is 11.7 Å². The van der Waals surface area contributed by atoms with Gasteiger partial charge in [-0.05, 0) is 42.5 Å². The summed E-state index contributed by atoms with van der Waals surface area (Å²) in [5.41, 5.74) is 5.89. The third-order valence-corrected chi connectivity index (χ3v) is 3.92. The zero-order valence-corrected chi connectivity index (χ0v) is 12.3. The first-order chi connectivity index (χ1) is 9.02. The molecule has 0 aliphatic heterocycles. The van der Waals surface area contributed by atoms with Crippen LogP contribution in [0.2, 0.25) is 5.02 Å². The molecule has 0 spiro atoms. The number of thioether (sulfide) groups is 1. The fraction of sp³-hybridized carbons (Fsp3) is 0.385. The molecule has 19 heavy (non-hydrogen) atoms. The number of rotatable bonds is 6. The minimum absolute atomic E-state index is 0.254. The van der Waals surface area contributed by atoms with Gasteiger partial charge in [-0.15, -0.1) is 0 Å². The van der Waals surface area contributed by atoms with Gasteiger partial charge in [-0.25, -0.2) is 0 Å². The van der Waals surface area contributed by atoms with E-state index in [2.05, 4.69) is 5.32 Å². The quantitative estimate of drug-likeness (QED) is 0.842. The summed E-state index contributed by atoms with van der Waals surface area (Å²) in [7, 11) is 0. The Kier molecular flexibility index (Phi) is 6.91. The van der Waals surface area contributed by atoms with E-state index in [1.807, 2.05) is 6.92 Å². The maximum absolute atomic E-state index is 11.7. The number of amides is 2. The molecule has 0 saturated carbocycles. The molecule has 4 nitrogen and oxygen atoms in total. The molecule has 1 rings (SSSR count). The average molecular weight is 301 g/mol. The number of carbonyl (C=O) groups is 2. The van der Waals surface area contributed by atoms with Crippen LogP contribution in [0.25, 0.3) is 0 Å². The van der Waals surface area contributed by atoms with Crippen molar-refractivity contribution in [2.75, 3.05) is 18.1 Å². The van der Waals surface area contributed by atoms with Gasteiger partial charge in [0.25, 0.3) is 5.91 Å². The van der Waals surface area contributed by atoms with Gasteiger partial charge in [-0.3, -0.25) is 14.9 Å². The van der Waals surface area contributed by atoms with Crippen LogP contribution in [0.5, 0.6) is 0 Å². The molecule has 0 fully saturated rings. The van der Waals surface area contributed by atoms with Gasteiger partial charge >= 0.3 is 0 Å². The lowest BCUT2D eigenvalue weighted by Gasteiger charge is -2.07. The number of benzene rings is 1. The molecule has 3 N–H and O–H groups in total. The topological polar surface area (TPSA) is 72.2 Å². The van der Waals surface area contributed by atoms with Crippen LogP contribution in [-0.4, -0.2) is 29.9 Å². The number of imide groups is 1. The molecule has 0 aliphatic carbocycles. The van der Waals surface area contributed by atoms with E-state index in [0.717, 1.165) is 5.75 Å². The second-order valence-corrected chi connectivity index (χ2v) is 5.71. The summed E-state index contributed by atoms with van der Waals surface area (Å²) >= 11 is 7.19. The van der Waals surface area contributed by atoms with E-state index in [0.29, 0.717) is 23.0 Å². The number of hydrogen-bond donors (Lipinski definition) is 2. The molecule has 0 saturated heterocycles. The SMILES string of the molecule is CC(CN)CSCC(=O)NC(=O)c1ccc(Cl)cc1. The van der Waals surface area contributed by atoms with Crippen LogP contribution in [0.15, 0.2) is 24.3 Å². The van der Waals surface area contributed by atoms with E-state index in [1.54, 1.807) is 24.3 Å². The van der Waals surface area contributed by atoms with E-state index < -0.39 is 5.91 Å². The molecule has 0 bridgehead atoms. The predicted molar refractivity (Wildman–Crippen MR) is 79.5 cm³/mol. The van der Waals surface area contributed by atoms with Crippen molar-refractivity contribution in [3.63, 3.8) is 0 Å². The number of carbonyl (C=O) groups excluding carboxylic acids is 2. The highest BCUT2D eigenvalue weighted by Gasteiger charge is 2.10. The lowest BCUT2D eigenvalue weighted by molar-refractivity contribution is -0.117. The van der Waals surface area contributed by atoms with Gasteiger partial charge in [0.1, 0.15) is 0 Å². The molecule has 104 valence electrons. The van der Waals surface area contributed by atoms with E-state index in [-0.39, 0.29) is 11.7 Å². The molecule has 1 unspecified atom stereocenters. The second-order valence-electron chi connectivity index (χ2n) is 4.24. The third-order valence-electron chi connectivity index (χ3n) is 2.40. The van der Waals surface area contributed by atoms with Crippen LogP contribution in [0.3, 0.4) is 0 Å². The van der Waals surface area contributed by atoms with Crippen LogP contribution in [-0.2, 0) is 4.79 Å². The summed E-state index contributed by atoms with van der Waals surface area (Å²) in [5, 5.41) is 2.88. The second kappa shape index (κ2) is 8.19. The van der Waals surface area contributed by atoms with E-state index in [1.165, 1.54) is 11.8 Å². The van der Waals surface area contributed by atoms with Gasteiger partial charge in [0.05, 0.1) is 5.75 Å². The van der Waals surface area contributed by atoms with Crippen molar-refractivity contribution in [3.8, 4) is 0 Å². The van der Waals surface area contributed by atoms with Gasteiger partial charge in [0, 0.05) is 10.6 Å². The zero-order valence-electron chi connectivity index (χ0n) is 10.7. The maximum Gasteiger partial charge on any atom is 0.257 e. The summed E-state index contributed by atoms with van der Waals surface area (Å²) in [5.74, 6) is 0.719. The van der Waals surface area contributed by atoms with Crippen molar-refractivity contribution < 1.29 is 9.59 Å². The Morgan fingerprint density at radius 2 is 2.00 bits per heavy atom. The molecule has 0 radical (unpaired) electrons. The average Bonchev–Trinajstić information content (AvgIpc) is 2.39. The van der Waals surface area contributed by atoms with E-state index in [9.17, 15) is 9.59 Å². The fourth-order valence-electron chi connectivity index (χ4n) is 1.26. The van der Waals surface area contributed by atoms with Gasteiger partial charge in [0.15, 0.2) is 0 Å². The summed E-state index contributed by atoms with van der Waals surface area (Å²) in [6.07, 6.45) is 0. The Bertz CT molecular complexity index is 437. The van der Waals surface area contributed by atoms with Crippen LogP contribution in [0.1, 0.15) is 17.3 Å². The van der Waals surface area contributed by atoms with Crippen LogP contribution in [0.4, 0.5) is 0 Å². The van der Waals surface area contributed by atoms with Crippen molar-refractivity contribution >= 4 is 35.2 Å². The minimum Gasteiger partial charge on any atom is -0.330 e. The number of halogens is 1. The summed E-state index contributed by atoms with van der Waals surface area (Å²) in [6.45, 7) is 2.61. The van der Waals surface area contributed by atoms with Crippen molar-refractivity contribution in [2.45, 2.75) is 6.92 Å². The molecule has 1 atom stereocenters. The standard InChI is InChI=1S/C13H17ClN2O2S/c1-9(6-15)7-19-8-12(17)16-13(18)10-2-4-11(14)5-3-10/h2-5,9H,6-8,15H2,1H3,(H,16,17,18). The number of nitrogens with two attached hydrogens (primary N) is 1. The number of nitrogens with one attached hydrogen (secondary N) is 1. The first-order valence-corrected chi connectivity index (χ1v) is 7.43. The Morgan fingerprint density at radius 1 is 1.37 bits per heavy atom. The molecule has 2 amide bonds. The summed E-state index contributed by atoms with van der Waals surface area (Å²) in [6, 6.07) is 6.38. The molecule has 1 aromatic carbocycles. The summed E-state index contributed by atoms with van der Waals surface area (Å²) < 4.78 is 0. The first-order valence-electron chi connectivity index (χ1n) is 5.90. The fourth-order valence-corrected chi connectivity index (χ4v) is 2.30. The molecule has 0 heterocycles. The van der Waals surface area contributed by atoms with Crippen molar-refractivity contribution in [3.05, 3.63) is 34.9 Å². The molecular weight excluding hydrogens is 284 g/mol. The highest BCUT2D eigenvalue weighted by molar-refractivity contribution is 7.99. The van der Waals surface area contributed by atoms with E-state index >= 15 is 0 Å². The van der Waals surface area contributed by atoms with Gasteiger partial charge in [-0.2, -0.15) is 11.8 Å². The maximum atomic E-state index is 11.7. The van der Waals surface area contributed by atoms with Gasteiger partial charge in [-0.1, -0.05) is 18.5 Å².